The fourth-order valence-corrected chi connectivity index (χ4v) is 1.68. The minimum absolute atomic E-state index is 0.0170. The van der Waals surface area contributed by atoms with Gasteiger partial charge in [-0.15, -0.1) is 0 Å². The minimum atomic E-state index is -0.229. The normalized spacial score (nSPS) is 14.9. The van der Waals surface area contributed by atoms with Crippen LogP contribution in [0.3, 0.4) is 0 Å². The summed E-state index contributed by atoms with van der Waals surface area (Å²) in [6, 6.07) is 3.79. The molecular formula is C14H23N3O. The van der Waals surface area contributed by atoms with Crippen molar-refractivity contribution in [1.29, 1.82) is 0 Å². The summed E-state index contributed by atoms with van der Waals surface area (Å²) in [4.78, 5) is 15.9. The number of aromatic nitrogens is 1. The molecule has 0 fully saturated rings. The lowest BCUT2D eigenvalue weighted by molar-refractivity contribution is -0.124. The zero-order chi connectivity index (χ0) is 13.8. The molecule has 1 heterocycles. The van der Waals surface area contributed by atoms with Gasteiger partial charge in [0.05, 0.1) is 6.04 Å². The SMILES string of the molecule is CC(N[C@@H](C)c1ccncc1)C(=O)NC(C)(C)C. The van der Waals surface area contributed by atoms with Crippen molar-refractivity contribution in [2.45, 2.75) is 52.2 Å². The van der Waals surface area contributed by atoms with Gasteiger partial charge in [-0.1, -0.05) is 0 Å². The van der Waals surface area contributed by atoms with Gasteiger partial charge >= 0.3 is 0 Å². The summed E-state index contributed by atoms with van der Waals surface area (Å²) in [7, 11) is 0. The van der Waals surface area contributed by atoms with Crippen molar-refractivity contribution >= 4 is 5.91 Å². The van der Waals surface area contributed by atoms with Gasteiger partial charge in [0, 0.05) is 24.0 Å². The molecule has 1 rings (SSSR count). The number of amides is 1. The molecule has 0 spiro atoms. The van der Waals surface area contributed by atoms with E-state index < -0.39 is 0 Å². The van der Waals surface area contributed by atoms with Gasteiger partial charge in [-0.25, -0.2) is 0 Å². The highest BCUT2D eigenvalue weighted by Gasteiger charge is 2.20. The Kier molecular flexibility index (Phi) is 4.84. The van der Waals surface area contributed by atoms with E-state index >= 15 is 0 Å². The molecule has 0 radical (unpaired) electrons. The van der Waals surface area contributed by atoms with E-state index in [9.17, 15) is 4.79 Å². The van der Waals surface area contributed by atoms with E-state index in [-0.39, 0.29) is 23.5 Å². The standard InChI is InChI=1S/C14H23N3O/c1-10(12-6-8-15-9-7-12)16-11(2)13(18)17-14(3,4)5/h6-11,16H,1-5H3,(H,17,18)/t10-,11?/m0/s1. The van der Waals surface area contributed by atoms with Gasteiger partial charge < -0.3 is 5.32 Å². The summed E-state index contributed by atoms with van der Waals surface area (Å²) in [5.41, 5.74) is 0.924. The molecular weight excluding hydrogens is 226 g/mol. The number of nitrogens with zero attached hydrogens (tertiary/aromatic N) is 1. The first kappa shape index (κ1) is 14.6. The second-order valence-corrected chi connectivity index (χ2v) is 5.63. The minimum Gasteiger partial charge on any atom is -0.350 e. The van der Waals surface area contributed by atoms with Crippen molar-refractivity contribution in [1.82, 2.24) is 15.6 Å². The Balaban J connectivity index is 2.55. The van der Waals surface area contributed by atoms with Crippen LogP contribution in [0.4, 0.5) is 0 Å². The molecule has 1 aromatic rings. The van der Waals surface area contributed by atoms with Crippen LogP contribution in [0.1, 0.15) is 46.2 Å². The Morgan fingerprint density at radius 1 is 1.22 bits per heavy atom. The maximum Gasteiger partial charge on any atom is 0.237 e. The zero-order valence-corrected chi connectivity index (χ0v) is 11.8. The fraction of sp³-hybridized carbons (Fsp3) is 0.571. The average molecular weight is 249 g/mol. The highest BCUT2D eigenvalue weighted by molar-refractivity contribution is 5.81. The van der Waals surface area contributed by atoms with Crippen LogP contribution in [-0.2, 0) is 4.79 Å². The van der Waals surface area contributed by atoms with Crippen molar-refractivity contribution in [2.24, 2.45) is 0 Å². The second-order valence-electron chi connectivity index (χ2n) is 5.63. The molecule has 4 heteroatoms. The Morgan fingerprint density at radius 3 is 2.28 bits per heavy atom. The van der Waals surface area contributed by atoms with E-state index in [2.05, 4.69) is 15.6 Å². The molecule has 100 valence electrons. The van der Waals surface area contributed by atoms with Crippen LogP contribution in [-0.4, -0.2) is 22.5 Å². The van der Waals surface area contributed by atoms with E-state index in [0.717, 1.165) is 5.56 Å². The molecule has 2 atom stereocenters. The number of hydrogen-bond donors (Lipinski definition) is 2. The summed E-state index contributed by atoms with van der Waals surface area (Å²) >= 11 is 0. The summed E-state index contributed by atoms with van der Waals surface area (Å²) in [5.74, 6) is 0.0170. The average Bonchev–Trinajstić information content (AvgIpc) is 2.27. The van der Waals surface area contributed by atoms with Crippen molar-refractivity contribution in [2.75, 3.05) is 0 Å². The van der Waals surface area contributed by atoms with Crippen LogP contribution in [0.2, 0.25) is 0 Å². The first-order chi connectivity index (χ1) is 8.29. The molecule has 0 aliphatic heterocycles. The highest BCUT2D eigenvalue weighted by Crippen LogP contribution is 2.11. The first-order valence-corrected chi connectivity index (χ1v) is 6.27. The number of pyridine rings is 1. The van der Waals surface area contributed by atoms with E-state index in [1.165, 1.54) is 0 Å². The number of hydrogen-bond acceptors (Lipinski definition) is 3. The molecule has 1 aromatic heterocycles. The lowest BCUT2D eigenvalue weighted by Crippen LogP contribution is -2.49. The van der Waals surface area contributed by atoms with Gasteiger partial charge in [-0.2, -0.15) is 0 Å². The van der Waals surface area contributed by atoms with Gasteiger partial charge in [0.1, 0.15) is 0 Å². The van der Waals surface area contributed by atoms with Crippen molar-refractivity contribution < 1.29 is 4.79 Å². The topological polar surface area (TPSA) is 54.0 Å². The van der Waals surface area contributed by atoms with Gasteiger partial charge in [-0.05, 0) is 52.3 Å². The summed E-state index contributed by atoms with van der Waals surface area (Å²) in [6.45, 7) is 9.84. The molecule has 0 bridgehead atoms. The first-order valence-electron chi connectivity index (χ1n) is 6.27. The number of rotatable bonds is 4. The number of nitrogens with one attached hydrogen (secondary N) is 2. The third-order valence-corrected chi connectivity index (χ3v) is 2.60. The molecule has 18 heavy (non-hydrogen) atoms. The number of carbonyl (C=O) groups excluding carboxylic acids is 1. The van der Waals surface area contributed by atoms with E-state index in [1.54, 1.807) is 12.4 Å². The maximum atomic E-state index is 11.9. The molecule has 0 saturated heterocycles. The quantitative estimate of drug-likeness (QED) is 0.858. The molecule has 0 saturated carbocycles. The van der Waals surface area contributed by atoms with Crippen LogP contribution in [0.15, 0.2) is 24.5 Å². The van der Waals surface area contributed by atoms with Gasteiger partial charge in [-0.3, -0.25) is 15.1 Å². The third-order valence-electron chi connectivity index (χ3n) is 2.60. The molecule has 0 aliphatic carbocycles. The largest absolute Gasteiger partial charge is 0.350 e. The smallest absolute Gasteiger partial charge is 0.237 e. The van der Waals surface area contributed by atoms with Crippen molar-refractivity contribution in [3.8, 4) is 0 Å². The summed E-state index contributed by atoms with van der Waals surface area (Å²) in [6.07, 6.45) is 3.51. The van der Waals surface area contributed by atoms with Gasteiger partial charge in [0.2, 0.25) is 5.91 Å². The molecule has 1 unspecified atom stereocenters. The van der Waals surface area contributed by atoms with Gasteiger partial charge in [0.25, 0.3) is 0 Å². The van der Waals surface area contributed by atoms with Gasteiger partial charge in [0.15, 0.2) is 0 Å². The summed E-state index contributed by atoms with van der Waals surface area (Å²) < 4.78 is 0. The summed E-state index contributed by atoms with van der Waals surface area (Å²) in [5, 5.41) is 6.24. The molecule has 0 aromatic carbocycles. The van der Waals surface area contributed by atoms with Crippen LogP contribution < -0.4 is 10.6 Å². The predicted octanol–water partition coefficient (Wildman–Crippen LogP) is 2.04. The van der Waals surface area contributed by atoms with Crippen LogP contribution in [0.25, 0.3) is 0 Å². The molecule has 1 amide bonds. The Morgan fingerprint density at radius 2 is 1.78 bits per heavy atom. The lowest BCUT2D eigenvalue weighted by Gasteiger charge is -2.25. The predicted molar refractivity (Wildman–Crippen MR) is 73.1 cm³/mol. The second kappa shape index (κ2) is 5.96. The molecule has 2 N–H and O–H groups in total. The fourth-order valence-electron chi connectivity index (χ4n) is 1.68. The van der Waals surface area contributed by atoms with Crippen LogP contribution in [0.5, 0.6) is 0 Å². The van der Waals surface area contributed by atoms with E-state index in [4.69, 9.17) is 0 Å². The maximum absolute atomic E-state index is 11.9. The Hall–Kier alpha value is -1.42. The van der Waals surface area contributed by atoms with E-state index in [0.29, 0.717) is 0 Å². The van der Waals surface area contributed by atoms with Crippen LogP contribution >= 0.6 is 0 Å². The van der Waals surface area contributed by atoms with Crippen molar-refractivity contribution in [3.05, 3.63) is 30.1 Å². The van der Waals surface area contributed by atoms with Crippen LogP contribution in [0, 0.1) is 0 Å². The monoisotopic (exact) mass is 249 g/mol. The lowest BCUT2D eigenvalue weighted by atomic mass is 10.1. The van der Waals surface area contributed by atoms with E-state index in [1.807, 2.05) is 46.8 Å². The van der Waals surface area contributed by atoms with Crippen molar-refractivity contribution in [3.63, 3.8) is 0 Å². The molecule has 0 aliphatic rings. The zero-order valence-electron chi connectivity index (χ0n) is 11.8. The molecule has 4 nitrogen and oxygen atoms in total. The Labute approximate surface area is 109 Å². The number of carbonyl (C=O) groups is 1. The highest BCUT2D eigenvalue weighted by atomic mass is 16.2. The Bertz CT molecular complexity index is 384. The third kappa shape index (κ3) is 4.84.